The molecule has 1 aliphatic heterocycles. The number of rotatable bonds is 1. The molecule has 1 rings (SSSR count). The van der Waals surface area contributed by atoms with Gasteiger partial charge in [-0.05, 0) is 6.42 Å². The van der Waals surface area contributed by atoms with Crippen LogP contribution in [-0.4, -0.2) is 53.5 Å². The molecule has 70 valence electrons. The van der Waals surface area contributed by atoms with Gasteiger partial charge in [-0.2, -0.15) is 0 Å². The Morgan fingerprint density at radius 1 is 1.75 bits per heavy atom. The quantitative estimate of drug-likeness (QED) is 0.465. The van der Waals surface area contributed by atoms with E-state index in [0.29, 0.717) is 13.0 Å². The van der Waals surface area contributed by atoms with Crippen LogP contribution in [0.25, 0.3) is 0 Å². The first-order valence-corrected chi connectivity index (χ1v) is 3.96. The average molecular weight is 174 g/mol. The van der Waals surface area contributed by atoms with Crippen LogP contribution >= 0.6 is 0 Å². The van der Waals surface area contributed by atoms with Crippen LogP contribution < -0.4 is 5.32 Å². The van der Waals surface area contributed by atoms with Crippen LogP contribution in [-0.2, 0) is 0 Å². The molecule has 0 aromatic heterocycles. The highest BCUT2D eigenvalue weighted by molar-refractivity contribution is 5.74. The predicted octanol–water partition coefficient (Wildman–Crippen LogP) is -1.25. The fraction of sp³-hybridized carbons (Fsp3) is 0.857. The summed E-state index contributed by atoms with van der Waals surface area (Å²) >= 11 is 0. The third kappa shape index (κ3) is 1.67. The molecule has 12 heavy (non-hydrogen) atoms. The first kappa shape index (κ1) is 9.28. The van der Waals surface area contributed by atoms with Crippen molar-refractivity contribution in [2.24, 2.45) is 0 Å². The monoisotopic (exact) mass is 174 g/mol. The number of β-amino-alcohol motifs (C(OH)–C–C–N with tert-alkyl or cyclic N) is 1. The zero-order valence-corrected chi connectivity index (χ0v) is 7.03. The second-order valence-electron chi connectivity index (χ2n) is 2.93. The highest BCUT2D eigenvalue weighted by atomic mass is 16.3. The van der Waals surface area contributed by atoms with Gasteiger partial charge in [0.25, 0.3) is 0 Å². The Labute approximate surface area is 71.0 Å². The second kappa shape index (κ2) is 3.73. The molecule has 2 atom stereocenters. The van der Waals surface area contributed by atoms with Gasteiger partial charge in [-0.15, -0.1) is 0 Å². The van der Waals surface area contributed by atoms with Gasteiger partial charge in [0, 0.05) is 13.6 Å². The highest BCUT2D eigenvalue weighted by Gasteiger charge is 2.33. The van der Waals surface area contributed by atoms with Crippen LogP contribution in [0, 0.1) is 0 Å². The van der Waals surface area contributed by atoms with Crippen LogP contribution in [0.15, 0.2) is 0 Å². The molecular formula is C7H14N2O3. The zero-order valence-electron chi connectivity index (χ0n) is 7.03. The minimum Gasteiger partial charge on any atom is -0.394 e. The number of hydrogen-bond donors (Lipinski definition) is 3. The van der Waals surface area contributed by atoms with Gasteiger partial charge in [0.2, 0.25) is 0 Å². The van der Waals surface area contributed by atoms with E-state index in [4.69, 9.17) is 5.11 Å². The summed E-state index contributed by atoms with van der Waals surface area (Å²) in [5, 5.41) is 20.5. The molecule has 0 aromatic rings. The fourth-order valence-corrected chi connectivity index (χ4v) is 1.46. The van der Waals surface area contributed by atoms with Gasteiger partial charge in [0.15, 0.2) is 0 Å². The molecular weight excluding hydrogens is 160 g/mol. The van der Waals surface area contributed by atoms with Crippen molar-refractivity contribution in [3.8, 4) is 0 Å². The summed E-state index contributed by atoms with van der Waals surface area (Å²) in [6.07, 6.45) is -0.0383. The van der Waals surface area contributed by atoms with Crippen LogP contribution in [0.5, 0.6) is 0 Å². The van der Waals surface area contributed by atoms with E-state index in [1.165, 1.54) is 11.9 Å². The second-order valence-corrected chi connectivity index (χ2v) is 2.93. The number of carbonyl (C=O) groups excluding carboxylic acids is 1. The first-order valence-electron chi connectivity index (χ1n) is 3.96. The number of nitrogens with zero attached hydrogens (tertiary/aromatic N) is 1. The first-order chi connectivity index (χ1) is 5.69. The van der Waals surface area contributed by atoms with Gasteiger partial charge in [0.05, 0.1) is 18.8 Å². The fourth-order valence-electron chi connectivity index (χ4n) is 1.46. The van der Waals surface area contributed by atoms with E-state index in [2.05, 4.69) is 5.32 Å². The predicted molar refractivity (Wildman–Crippen MR) is 42.7 cm³/mol. The number of carbonyl (C=O) groups is 1. The van der Waals surface area contributed by atoms with E-state index in [1.807, 2.05) is 0 Å². The lowest BCUT2D eigenvalue weighted by atomic mass is 10.2. The standard InChI is InChI=1S/C7H14N2O3/c1-8-7(12)9-3-6(11)2-5(9)4-10/h5-6,10-11H,2-4H2,1H3,(H,8,12)/t5-,6+/m0/s1. The van der Waals surface area contributed by atoms with Crippen LogP contribution in [0.3, 0.4) is 0 Å². The summed E-state index contributed by atoms with van der Waals surface area (Å²) in [5.41, 5.74) is 0. The number of aliphatic hydroxyl groups is 2. The topological polar surface area (TPSA) is 72.8 Å². The third-order valence-corrected chi connectivity index (χ3v) is 2.08. The summed E-state index contributed by atoms with van der Waals surface area (Å²) in [6.45, 7) is 0.218. The van der Waals surface area contributed by atoms with Crippen molar-refractivity contribution in [3.63, 3.8) is 0 Å². The van der Waals surface area contributed by atoms with Crippen molar-refractivity contribution in [3.05, 3.63) is 0 Å². The molecule has 5 nitrogen and oxygen atoms in total. The molecule has 0 bridgehead atoms. The largest absolute Gasteiger partial charge is 0.394 e. The summed E-state index contributed by atoms with van der Waals surface area (Å²) in [4.78, 5) is 12.6. The molecule has 5 heteroatoms. The maximum absolute atomic E-state index is 11.1. The Hall–Kier alpha value is -0.810. The molecule has 0 unspecified atom stereocenters. The van der Waals surface area contributed by atoms with E-state index in [-0.39, 0.29) is 18.7 Å². The molecule has 1 saturated heterocycles. The van der Waals surface area contributed by atoms with Crippen LogP contribution in [0.1, 0.15) is 6.42 Å². The van der Waals surface area contributed by atoms with Crippen LogP contribution in [0.4, 0.5) is 4.79 Å². The molecule has 3 N–H and O–H groups in total. The number of nitrogens with one attached hydrogen (secondary N) is 1. The van der Waals surface area contributed by atoms with Crippen molar-refractivity contribution in [1.29, 1.82) is 0 Å². The molecule has 0 radical (unpaired) electrons. The molecule has 1 fully saturated rings. The molecule has 1 aliphatic rings. The molecule has 0 saturated carbocycles. The van der Waals surface area contributed by atoms with Gasteiger partial charge in [-0.1, -0.05) is 0 Å². The minimum absolute atomic E-state index is 0.0928. The highest BCUT2D eigenvalue weighted by Crippen LogP contribution is 2.16. The number of amides is 2. The van der Waals surface area contributed by atoms with Crippen molar-refractivity contribution in [2.45, 2.75) is 18.6 Å². The smallest absolute Gasteiger partial charge is 0.317 e. The normalized spacial score (nSPS) is 29.1. The Morgan fingerprint density at radius 2 is 2.42 bits per heavy atom. The number of likely N-dealkylation sites (tertiary alicyclic amines) is 1. The molecule has 1 heterocycles. The SMILES string of the molecule is CNC(=O)N1C[C@H](O)C[C@H]1CO. The van der Waals surface area contributed by atoms with Gasteiger partial charge in [-0.3, -0.25) is 0 Å². The van der Waals surface area contributed by atoms with E-state index >= 15 is 0 Å². The lowest BCUT2D eigenvalue weighted by Crippen LogP contribution is -2.43. The van der Waals surface area contributed by atoms with Crippen molar-refractivity contribution in [2.75, 3.05) is 20.2 Å². The van der Waals surface area contributed by atoms with Crippen LogP contribution in [0.2, 0.25) is 0 Å². The number of aliphatic hydroxyl groups excluding tert-OH is 2. The summed E-state index contributed by atoms with van der Waals surface area (Å²) in [7, 11) is 1.53. The Bertz CT molecular complexity index is 174. The number of hydrogen-bond acceptors (Lipinski definition) is 3. The maximum Gasteiger partial charge on any atom is 0.317 e. The Morgan fingerprint density at radius 3 is 2.92 bits per heavy atom. The van der Waals surface area contributed by atoms with E-state index < -0.39 is 6.10 Å². The van der Waals surface area contributed by atoms with Gasteiger partial charge in [0.1, 0.15) is 0 Å². The average Bonchev–Trinajstić information content (AvgIpc) is 2.45. The summed E-state index contributed by atoms with van der Waals surface area (Å²) in [5.74, 6) is 0. The summed E-state index contributed by atoms with van der Waals surface area (Å²) in [6, 6.07) is -0.481. The third-order valence-electron chi connectivity index (χ3n) is 2.08. The number of urea groups is 1. The molecule has 0 aliphatic carbocycles. The molecule has 0 aromatic carbocycles. The van der Waals surface area contributed by atoms with Gasteiger partial charge < -0.3 is 20.4 Å². The Kier molecular flexibility index (Phi) is 2.88. The molecule has 2 amide bonds. The lowest BCUT2D eigenvalue weighted by molar-refractivity contribution is 0.156. The van der Waals surface area contributed by atoms with E-state index in [0.717, 1.165) is 0 Å². The van der Waals surface area contributed by atoms with Crippen molar-refractivity contribution in [1.82, 2.24) is 10.2 Å². The van der Waals surface area contributed by atoms with Crippen molar-refractivity contribution >= 4 is 6.03 Å². The van der Waals surface area contributed by atoms with E-state index in [1.54, 1.807) is 0 Å². The van der Waals surface area contributed by atoms with Crippen molar-refractivity contribution < 1.29 is 15.0 Å². The lowest BCUT2D eigenvalue weighted by Gasteiger charge is -2.21. The Balaban J connectivity index is 2.57. The minimum atomic E-state index is -0.501. The summed E-state index contributed by atoms with van der Waals surface area (Å²) < 4.78 is 0. The van der Waals surface area contributed by atoms with Gasteiger partial charge >= 0.3 is 6.03 Å². The van der Waals surface area contributed by atoms with Gasteiger partial charge in [-0.25, -0.2) is 4.79 Å². The maximum atomic E-state index is 11.1. The van der Waals surface area contributed by atoms with E-state index in [9.17, 15) is 9.90 Å². The molecule has 0 spiro atoms. The zero-order chi connectivity index (χ0) is 9.14.